The zero-order valence-corrected chi connectivity index (χ0v) is 8.00. The standard InChI is InChI=1S/C11H15FO/c1-3-8(2)11(13)9-5-4-6-10(12)7-9/h4-8,11,13H,3H2,1-2H3. The number of rotatable bonds is 3. The molecule has 1 nitrogen and oxygen atoms in total. The predicted molar refractivity (Wildman–Crippen MR) is 50.8 cm³/mol. The van der Waals surface area contributed by atoms with Gasteiger partial charge in [0.05, 0.1) is 6.10 Å². The average molecular weight is 182 g/mol. The van der Waals surface area contributed by atoms with E-state index in [9.17, 15) is 9.50 Å². The van der Waals surface area contributed by atoms with E-state index >= 15 is 0 Å². The Hall–Kier alpha value is -0.890. The third kappa shape index (κ3) is 2.52. The minimum atomic E-state index is -0.555. The molecule has 2 atom stereocenters. The normalized spacial score (nSPS) is 15.4. The van der Waals surface area contributed by atoms with Gasteiger partial charge in [-0.15, -0.1) is 0 Å². The Balaban J connectivity index is 2.82. The highest BCUT2D eigenvalue weighted by Gasteiger charge is 2.14. The van der Waals surface area contributed by atoms with Gasteiger partial charge in [0.15, 0.2) is 0 Å². The van der Waals surface area contributed by atoms with Gasteiger partial charge in [0, 0.05) is 0 Å². The highest BCUT2D eigenvalue weighted by molar-refractivity contribution is 5.19. The molecule has 1 N–H and O–H groups in total. The Morgan fingerprint density at radius 2 is 2.15 bits per heavy atom. The maximum atomic E-state index is 12.8. The molecule has 2 heteroatoms. The molecule has 1 aromatic carbocycles. The van der Waals surface area contributed by atoms with Crippen LogP contribution in [0.15, 0.2) is 24.3 Å². The summed E-state index contributed by atoms with van der Waals surface area (Å²) in [5.41, 5.74) is 0.661. The van der Waals surface area contributed by atoms with Gasteiger partial charge in [-0.3, -0.25) is 0 Å². The quantitative estimate of drug-likeness (QED) is 0.762. The summed E-state index contributed by atoms with van der Waals surface area (Å²) >= 11 is 0. The summed E-state index contributed by atoms with van der Waals surface area (Å²) in [6, 6.07) is 6.14. The first kappa shape index (κ1) is 10.2. The van der Waals surface area contributed by atoms with E-state index in [1.165, 1.54) is 12.1 Å². The number of hydrogen-bond acceptors (Lipinski definition) is 1. The van der Waals surface area contributed by atoms with Crippen LogP contribution in [0.5, 0.6) is 0 Å². The first-order chi connectivity index (χ1) is 6.15. The van der Waals surface area contributed by atoms with Crippen LogP contribution < -0.4 is 0 Å². The minimum Gasteiger partial charge on any atom is -0.388 e. The van der Waals surface area contributed by atoms with E-state index in [-0.39, 0.29) is 11.7 Å². The highest BCUT2D eigenvalue weighted by atomic mass is 19.1. The van der Waals surface area contributed by atoms with E-state index in [2.05, 4.69) is 0 Å². The van der Waals surface area contributed by atoms with Crippen molar-refractivity contribution >= 4 is 0 Å². The maximum absolute atomic E-state index is 12.8. The lowest BCUT2D eigenvalue weighted by atomic mass is 9.95. The van der Waals surface area contributed by atoms with E-state index < -0.39 is 6.10 Å². The molecule has 0 spiro atoms. The molecule has 0 radical (unpaired) electrons. The minimum absolute atomic E-state index is 0.168. The maximum Gasteiger partial charge on any atom is 0.123 e. The van der Waals surface area contributed by atoms with Gasteiger partial charge in [-0.05, 0) is 23.6 Å². The summed E-state index contributed by atoms with van der Waals surface area (Å²) < 4.78 is 12.8. The van der Waals surface area contributed by atoms with Crippen LogP contribution in [-0.4, -0.2) is 5.11 Å². The molecule has 0 saturated carbocycles. The van der Waals surface area contributed by atoms with E-state index in [4.69, 9.17) is 0 Å². The molecule has 0 amide bonds. The molecule has 0 aromatic heterocycles. The van der Waals surface area contributed by atoms with Crippen molar-refractivity contribution in [2.75, 3.05) is 0 Å². The van der Waals surface area contributed by atoms with Crippen molar-refractivity contribution < 1.29 is 9.50 Å². The van der Waals surface area contributed by atoms with E-state index in [1.54, 1.807) is 12.1 Å². The van der Waals surface area contributed by atoms with Crippen LogP contribution in [0.25, 0.3) is 0 Å². The lowest BCUT2D eigenvalue weighted by molar-refractivity contribution is 0.115. The van der Waals surface area contributed by atoms with Crippen LogP contribution in [0.3, 0.4) is 0 Å². The molecule has 72 valence electrons. The van der Waals surface area contributed by atoms with Crippen molar-refractivity contribution in [2.45, 2.75) is 26.4 Å². The van der Waals surface area contributed by atoms with Gasteiger partial charge < -0.3 is 5.11 Å². The number of aliphatic hydroxyl groups is 1. The van der Waals surface area contributed by atoms with Crippen LogP contribution in [-0.2, 0) is 0 Å². The van der Waals surface area contributed by atoms with E-state index in [1.807, 2.05) is 13.8 Å². The van der Waals surface area contributed by atoms with E-state index in [0.29, 0.717) is 5.56 Å². The number of halogens is 1. The lowest BCUT2D eigenvalue weighted by Gasteiger charge is -2.17. The van der Waals surface area contributed by atoms with Gasteiger partial charge in [0.25, 0.3) is 0 Å². The summed E-state index contributed by atoms with van der Waals surface area (Å²) in [6.45, 7) is 3.96. The van der Waals surface area contributed by atoms with Gasteiger partial charge in [0.2, 0.25) is 0 Å². The van der Waals surface area contributed by atoms with Crippen molar-refractivity contribution in [1.82, 2.24) is 0 Å². The molecule has 0 aliphatic heterocycles. The predicted octanol–water partition coefficient (Wildman–Crippen LogP) is 2.91. The van der Waals surface area contributed by atoms with Gasteiger partial charge in [-0.25, -0.2) is 4.39 Å². The topological polar surface area (TPSA) is 20.2 Å². The fourth-order valence-electron chi connectivity index (χ4n) is 1.24. The summed E-state index contributed by atoms with van der Waals surface area (Å²) in [5, 5.41) is 9.75. The van der Waals surface area contributed by atoms with Gasteiger partial charge >= 0.3 is 0 Å². The van der Waals surface area contributed by atoms with Gasteiger partial charge in [0.1, 0.15) is 5.82 Å². The van der Waals surface area contributed by atoms with Crippen molar-refractivity contribution in [2.24, 2.45) is 5.92 Å². The Morgan fingerprint density at radius 3 is 2.69 bits per heavy atom. The molecule has 1 aromatic rings. The summed E-state index contributed by atoms with van der Waals surface area (Å²) in [4.78, 5) is 0. The summed E-state index contributed by atoms with van der Waals surface area (Å²) in [7, 11) is 0. The number of aliphatic hydroxyl groups excluding tert-OH is 1. The molecule has 0 saturated heterocycles. The van der Waals surface area contributed by atoms with Gasteiger partial charge in [-0.2, -0.15) is 0 Å². The summed E-state index contributed by atoms with van der Waals surface area (Å²) in [6.07, 6.45) is 0.332. The van der Waals surface area contributed by atoms with Crippen molar-refractivity contribution in [3.05, 3.63) is 35.6 Å². The third-order valence-electron chi connectivity index (χ3n) is 2.37. The first-order valence-electron chi connectivity index (χ1n) is 4.58. The molecule has 0 aliphatic carbocycles. The van der Waals surface area contributed by atoms with Crippen molar-refractivity contribution in [3.8, 4) is 0 Å². The number of benzene rings is 1. The molecule has 0 bridgehead atoms. The molecular weight excluding hydrogens is 167 g/mol. The second-order valence-corrected chi connectivity index (χ2v) is 3.39. The zero-order valence-electron chi connectivity index (χ0n) is 8.00. The first-order valence-corrected chi connectivity index (χ1v) is 4.58. The van der Waals surface area contributed by atoms with Crippen LogP contribution in [0, 0.1) is 11.7 Å². The number of hydrogen-bond donors (Lipinski definition) is 1. The molecular formula is C11H15FO. The second-order valence-electron chi connectivity index (χ2n) is 3.39. The Kier molecular flexibility index (Phi) is 3.43. The molecule has 13 heavy (non-hydrogen) atoms. The van der Waals surface area contributed by atoms with Crippen LogP contribution in [0.2, 0.25) is 0 Å². The van der Waals surface area contributed by atoms with Crippen molar-refractivity contribution in [3.63, 3.8) is 0 Å². The van der Waals surface area contributed by atoms with Gasteiger partial charge in [-0.1, -0.05) is 32.4 Å². The molecule has 0 fully saturated rings. The lowest BCUT2D eigenvalue weighted by Crippen LogP contribution is -2.08. The monoisotopic (exact) mass is 182 g/mol. The molecule has 2 unspecified atom stereocenters. The average Bonchev–Trinajstić information content (AvgIpc) is 2.15. The smallest absolute Gasteiger partial charge is 0.123 e. The van der Waals surface area contributed by atoms with Crippen LogP contribution >= 0.6 is 0 Å². The fourth-order valence-corrected chi connectivity index (χ4v) is 1.24. The largest absolute Gasteiger partial charge is 0.388 e. The Labute approximate surface area is 78.2 Å². The molecule has 0 aliphatic rings. The summed E-state index contributed by atoms with van der Waals surface area (Å²) in [5.74, 6) is -0.123. The Bertz CT molecular complexity index is 273. The Morgan fingerprint density at radius 1 is 1.46 bits per heavy atom. The molecule has 0 heterocycles. The third-order valence-corrected chi connectivity index (χ3v) is 2.37. The van der Waals surface area contributed by atoms with Crippen LogP contribution in [0.1, 0.15) is 31.9 Å². The SMILES string of the molecule is CCC(C)C(O)c1cccc(F)c1. The fraction of sp³-hybridized carbons (Fsp3) is 0.455. The van der Waals surface area contributed by atoms with E-state index in [0.717, 1.165) is 6.42 Å². The second kappa shape index (κ2) is 4.38. The highest BCUT2D eigenvalue weighted by Crippen LogP contribution is 2.24. The zero-order chi connectivity index (χ0) is 9.84. The van der Waals surface area contributed by atoms with Crippen LogP contribution in [0.4, 0.5) is 4.39 Å². The molecule has 1 rings (SSSR count). The van der Waals surface area contributed by atoms with Crippen molar-refractivity contribution in [1.29, 1.82) is 0 Å².